The second-order valence-corrected chi connectivity index (χ2v) is 5.84. The zero-order valence-electron chi connectivity index (χ0n) is 11.4. The van der Waals surface area contributed by atoms with Gasteiger partial charge in [-0.25, -0.2) is 0 Å². The van der Waals surface area contributed by atoms with Crippen molar-refractivity contribution >= 4 is 37.8 Å². The molecular weight excluding hydrogens is 374 g/mol. The topological polar surface area (TPSA) is 38.3 Å². The summed E-state index contributed by atoms with van der Waals surface area (Å²) in [4.78, 5) is 12.3. The molecule has 0 aliphatic carbocycles. The van der Waals surface area contributed by atoms with Gasteiger partial charge in [0.25, 0.3) is 5.91 Å². The molecule has 1 N–H and O–H groups in total. The van der Waals surface area contributed by atoms with E-state index in [4.69, 9.17) is 4.74 Å². The van der Waals surface area contributed by atoms with Gasteiger partial charge in [0.15, 0.2) is 0 Å². The molecule has 106 valence electrons. The van der Waals surface area contributed by atoms with Gasteiger partial charge in [-0.2, -0.15) is 0 Å². The van der Waals surface area contributed by atoms with Gasteiger partial charge in [-0.3, -0.25) is 4.79 Å². The lowest BCUT2D eigenvalue weighted by atomic mass is 9.95. The molecule has 19 heavy (non-hydrogen) atoms. The van der Waals surface area contributed by atoms with Gasteiger partial charge in [0, 0.05) is 16.4 Å². The Morgan fingerprint density at radius 1 is 1.37 bits per heavy atom. The summed E-state index contributed by atoms with van der Waals surface area (Å²) in [5, 5.41) is 3.86. The fraction of sp³-hybridized carbons (Fsp3) is 0.500. The molecule has 1 rings (SSSR count). The number of hydrogen-bond donors (Lipinski definition) is 1. The van der Waals surface area contributed by atoms with Crippen LogP contribution in [0.3, 0.4) is 0 Å². The van der Waals surface area contributed by atoms with E-state index in [-0.39, 0.29) is 11.4 Å². The number of benzene rings is 1. The van der Waals surface area contributed by atoms with Crippen molar-refractivity contribution in [1.29, 1.82) is 0 Å². The number of halogens is 2. The van der Waals surface area contributed by atoms with Crippen LogP contribution in [0.4, 0.5) is 0 Å². The Morgan fingerprint density at radius 2 is 2.00 bits per heavy atom. The van der Waals surface area contributed by atoms with E-state index in [0.29, 0.717) is 11.3 Å². The lowest BCUT2D eigenvalue weighted by Crippen LogP contribution is -2.49. The van der Waals surface area contributed by atoms with E-state index < -0.39 is 0 Å². The van der Waals surface area contributed by atoms with Gasteiger partial charge in [0.2, 0.25) is 0 Å². The highest BCUT2D eigenvalue weighted by molar-refractivity contribution is 9.10. The predicted octanol–water partition coefficient (Wildman–Crippen LogP) is 4.14. The van der Waals surface area contributed by atoms with Crippen LogP contribution in [-0.2, 0) is 0 Å². The van der Waals surface area contributed by atoms with E-state index in [1.165, 1.54) is 0 Å². The summed E-state index contributed by atoms with van der Waals surface area (Å²) in [6.07, 6.45) is 1.77. The fourth-order valence-electron chi connectivity index (χ4n) is 1.77. The fourth-order valence-corrected chi connectivity index (χ4v) is 3.24. The molecule has 0 atom stereocenters. The first-order valence-electron chi connectivity index (χ1n) is 6.24. The Bertz CT molecular complexity index is 437. The summed E-state index contributed by atoms with van der Waals surface area (Å²) >= 11 is 6.88. The van der Waals surface area contributed by atoms with Crippen LogP contribution in [0.2, 0.25) is 0 Å². The maximum atomic E-state index is 12.3. The molecule has 0 bridgehead atoms. The zero-order chi connectivity index (χ0) is 14.5. The standard InChI is InChI=1S/C14H19Br2NO2/c1-4-14(5-2,9-15)17-13(18)10-6-7-12(19-3)11(16)8-10/h6-8H,4-5,9H2,1-3H3,(H,17,18). The van der Waals surface area contributed by atoms with Gasteiger partial charge in [-0.05, 0) is 47.0 Å². The number of carbonyl (C=O) groups is 1. The Morgan fingerprint density at radius 3 is 2.42 bits per heavy atom. The third-order valence-electron chi connectivity index (χ3n) is 3.40. The minimum absolute atomic E-state index is 0.0634. The molecule has 3 nitrogen and oxygen atoms in total. The molecule has 0 aliphatic rings. The van der Waals surface area contributed by atoms with Gasteiger partial charge in [-0.1, -0.05) is 29.8 Å². The van der Waals surface area contributed by atoms with Crippen molar-refractivity contribution in [3.05, 3.63) is 28.2 Å². The molecule has 0 spiro atoms. The maximum Gasteiger partial charge on any atom is 0.251 e. The average Bonchev–Trinajstić information content (AvgIpc) is 2.44. The smallest absolute Gasteiger partial charge is 0.251 e. The summed E-state index contributed by atoms with van der Waals surface area (Å²) in [5.41, 5.74) is 0.434. The molecule has 0 fully saturated rings. The number of ether oxygens (including phenoxy) is 1. The molecule has 0 heterocycles. The van der Waals surface area contributed by atoms with E-state index in [0.717, 1.165) is 22.6 Å². The third-order valence-corrected chi connectivity index (χ3v) is 5.10. The van der Waals surface area contributed by atoms with Gasteiger partial charge in [0.05, 0.1) is 11.6 Å². The number of nitrogens with one attached hydrogen (secondary N) is 1. The van der Waals surface area contributed by atoms with Crippen molar-refractivity contribution in [2.45, 2.75) is 32.2 Å². The summed E-state index contributed by atoms with van der Waals surface area (Å²) in [6, 6.07) is 5.33. The Balaban J connectivity index is 2.92. The van der Waals surface area contributed by atoms with Gasteiger partial charge in [0.1, 0.15) is 5.75 Å². The van der Waals surface area contributed by atoms with Crippen LogP contribution in [0.5, 0.6) is 5.75 Å². The number of hydrogen-bond acceptors (Lipinski definition) is 2. The molecule has 0 aliphatic heterocycles. The van der Waals surface area contributed by atoms with E-state index in [1.54, 1.807) is 25.3 Å². The molecule has 1 amide bonds. The van der Waals surface area contributed by atoms with Gasteiger partial charge < -0.3 is 10.1 Å². The zero-order valence-corrected chi connectivity index (χ0v) is 14.6. The molecule has 0 aromatic heterocycles. The number of amides is 1. The summed E-state index contributed by atoms with van der Waals surface area (Å²) in [5.74, 6) is 0.654. The van der Waals surface area contributed by atoms with E-state index in [2.05, 4.69) is 51.0 Å². The van der Waals surface area contributed by atoms with Crippen molar-refractivity contribution in [1.82, 2.24) is 5.32 Å². The van der Waals surface area contributed by atoms with Gasteiger partial charge in [-0.15, -0.1) is 0 Å². The summed E-state index contributed by atoms with van der Waals surface area (Å²) in [7, 11) is 1.60. The van der Waals surface area contributed by atoms with Crippen LogP contribution >= 0.6 is 31.9 Å². The highest BCUT2D eigenvalue weighted by Gasteiger charge is 2.27. The Labute approximate surface area is 131 Å². The van der Waals surface area contributed by atoms with Crippen molar-refractivity contribution in [3.8, 4) is 5.75 Å². The average molecular weight is 393 g/mol. The van der Waals surface area contributed by atoms with Crippen LogP contribution < -0.4 is 10.1 Å². The first-order chi connectivity index (χ1) is 9.01. The van der Waals surface area contributed by atoms with E-state index in [1.807, 2.05) is 0 Å². The molecular formula is C14H19Br2NO2. The van der Waals surface area contributed by atoms with Crippen LogP contribution in [-0.4, -0.2) is 23.9 Å². The Hall–Kier alpha value is -0.550. The lowest BCUT2D eigenvalue weighted by Gasteiger charge is -2.31. The SMILES string of the molecule is CCC(CC)(CBr)NC(=O)c1ccc(OC)c(Br)c1. The molecule has 1 aromatic rings. The van der Waals surface area contributed by atoms with Crippen LogP contribution in [0.25, 0.3) is 0 Å². The van der Waals surface area contributed by atoms with Crippen molar-refractivity contribution in [2.24, 2.45) is 0 Å². The quantitative estimate of drug-likeness (QED) is 0.738. The summed E-state index contributed by atoms with van der Waals surface area (Å²) in [6.45, 7) is 4.16. The molecule has 0 saturated carbocycles. The maximum absolute atomic E-state index is 12.3. The largest absolute Gasteiger partial charge is 0.496 e. The van der Waals surface area contributed by atoms with Crippen molar-refractivity contribution in [2.75, 3.05) is 12.4 Å². The number of rotatable bonds is 6. The minimum Gasteiger partial charge on any atom is -0.496 e. The second-order valence-electron chi connectivity index (χ2n) is 4.42. The molecule has 0 unspecified atom stereocenters. The number of carbonyl (C=O) groups excluding carboxylic acids is 1. The van der Waals surface area contributed by atoms with Crippen LogP contribution in [0.1, 0.15) is 37.0 Å². The first-order valence-corrected chi connectivity index (χ1v) is 8.15. The van der Waals surface area contributed by atoms with Crippen LogP contribution in [0.15, 0.2) is 22.7 Å². The molecule has 0 saturated heterocycles. The predicted molar refractivity (Wildman–Crippen MR) is 85.3 cm³/mol. The first kappa shape index (κ1) is 16.5. The van der Waals surface area contributed by atoms with E-state index in [9.17, 15) is 4.79 Å². The second kappa shape index (κ2) is 7.29. The normalized spacial score (nSPS) is 11.2. The monoisotopic (exact) mass is 391 g/mol. The minimum atomic E-state index is -0.191. The highest BCUT2D eigenvalue weighted by atomic mass is 79.9. The van der Waals surface area contributed by atoms with Gasteiger partial charge >= 0.3 is 0 Å². The molecule has 0 radical (unpaired) electrons. The third kappa shape index (κ3) is 3.96. The van der Waals surface area contributed by atoms with Crippen molar-refractivity contribution < 1.29 is 9.53 Å². The van der Waals surface area contributed by atoms with Crippen LogP contribution in [0, 0.1) is 0 Å². The van der Waals surface area contributed by atoms with Crippen molar-refractivity contribution in [3.63, 3.8) is 0 Å². The number of alkyl halides is 1. The highest BCUT2D eigenvalue weighted by Crippen LogP contribution is 2.26. The number of methoxy groups -OCH3 is 1. The summed E-state index contributed by atoms with van der Waals surface area (Å²) < 4.78 is 5.94. The van der Waals surface area contributed by atoms with E-state index >= 15 is 0 Å². The lowest BCUT2D eigenvalue weighted by molar-refractivity contribution is 0.0903. The molecule has 5 heteroatoms. The molecule has 1 aromatic carbocycles. The Kier molecular flexibility index (Phi) is 6.33.